The Morgan fingerprint density at radius 1 is 1.27 bits per heavy atom. The topological polar surface area (TPSA) is 66.8 Å². The molecule has 0 bridgehead atoms. The van der Waals surface area contributed by atoms with E-state index in [4.69, 9.17) is 4.74 Å². The van der Waals surface area contributed by atoms with Crippen molar-refractivity contribution in [2.45, 2.75) is 65.1 Å². The third kappa shape index (κ3) is 3.16. The van der Waals surface area contributed by atoms with Crippen LogP contribution in [-0.2, 0) is 4.74 Å². The zero-order valence-electron chi connectivity index (χ0n) is 16.2. The Hall–Kier alpha value is -1.81. The standard InChI is InChI=1S/C22H30O4/c1-14(2)22(25)12-11-21(4)10-9-15(3)13-18(19(21)22)26-20(24)16-7-5-6-8-17(16)23/h5-9,14,18-19,23,25H,10-13H2,1-4H3. The number of carbonyl (C=O) groups excluding carboxylic acids is 1. The first-order chi connectivity index (χ1) is 12.2. The molecular weight excluding hydrogens is 328 g/mol. The maximum absolute atomic E-state index is 12.7. The van der Waals surface area contributed by atoms with E-state index < -0.39 is 17.7 Å². The number of esters is 1. The van der Waals surface area contributed by atoms with Crippen LogP contribution in [0.2, 0.25) is 0 Å². The summed E-state index contributed by atoms with van der Waals surface area (Å²) in [5, 5.41) is 21.5. The van der Waals surface area contributed by atoms with Gasteiger partial charge in [-0.3, -0.25) is 0 Å². The van der Waals surface area contributed by atoms with E-state index in [2.05, 4.69) is 19.9 Å². The molecule has 3 rings (SSSR count). The molecule has 0 spiro atoms. The number of fused-ring (bicyclic) bond motifs is 1. The van der Waals surface area contributed by atoms with Crippen LogP contribution in [-0.4, -0.2) is 27.9 Å². The second-order valence-corrected chi connectivity index (χ2v) is 8.70. The van der Waals surface area contributed by atoms with E-state index in [1.54, 1.807) is 18.2 Å². The molecule has 2 aliphatic rings. The molecule has 1 aromatic rings. The van der Waals surface area contributed by atoms with Crippen molar-refractivity contribution in [2.24, 2.45) is 17.3 Å². The molecule has 1 saturated carbocycles. The van der Waals surface area contributed by atoms with Crippen LogP contribution in [0.1, 0.15) is 63.7 Å². The summed E-state index contributed by atoms with van der Waals surface area (Å²) in [6.07, 6.45) is 4.98. The highest BCUT2D eigenvalue weighted by Crippen LogP contribution is 2.58. The molecule has 0 aromatic heterocycles. The van der Waals surface area contributed by atoms with Gasteiger partial charge in [0.05, 0.1) is 5.60 Å². The number of ether oxygens (including phenoxy) is 1. The lowest BCUT2D eigenvalue weighted by atomic mass is 9.67. The Bertz CT molecular complexity index is 723. The number of rotatable bonds is 3. The molecule has 142 valence electrons. The maximum Gasteiger partial charge on any atom is 0.342 e. The molecule has 1 fully saturated rings. The highest BCUT2D eigenvalue weighted by atomic mass is 16.5. The van der Waals surface area contributed by atoms with Gasteiger partial charge in [-0.25, -0.2) is 4.79 Å². The number of allylic oxidation sites excluding steroid dienone is 1. The number of aromatic hydroxyl groups is 1. The number of phenols is 1. The van der Waals surface area contributed by atoms with E-state index in [0.717, 1.165) is 19.3 Å². The van der Waals surface area contributed by atoms with Crippen molar-refractivity contribution in [2.75, 3.05) is 0 Å². The van der Waals surface area contributed by atoms with E-state index in [9.17, 15) is 15.0 Å². The fraction of sp³-hybridized carbons (Fsp3) is 0.591. The molecule has 2 aliphatic carbocycles. The molecule has 26 heavy (non-hydrogen) atoms. The molecule has 4 heteroatoms. The normalized spacial score (nSPS) is 34.2. The summed E-state index contributed by atoms with van der Waals surface area (Å²) in [5.74, 6) is -0.646. The second kappa shape index (κ2) is 6.73. The van der Waals surface area contributed by atoms with Gasteiger partial charge < -0.3 is 14.9 Å². The lowest BCUT2D eigenvalue weighted by Crippen LogP contribution is -2.50. The van der Waals surface area contributed by atoms with Gasteiger partial charge in [0.15, 0.2) is 0 Å². The summed E-state index contributed by atoms with van der Waals surface area (Å²) in [4.78, 5) is 12.7. The van der Waals surface area contributed by atoms with E-state index in [1.807, 2.05) is 13.8 Å². The Labute approximate surface area is 155 Å². The van der Waals surface area contributed by atoms with Crippen LogP contribution < -0.4 is 0 Å². The van der Waals surface area contributed by atoms with Crippen molar-refractivity contribution in [3.05, 3.63) is 41.5 Å². The molecule has 0 amide bonds. The van der Waals surface area contributed by atoms with Gasteiger partial charge in [-0.2, -0.15) is 0 Å². The average molecular weight is 358 g/mol. The van der Waals surface area contributed by atoms with E-state index in [-0.39, 0.29) is 28.6 Å². The van der Waals surface area contributed by atoms with Gasteiger partial charge in [-0.15, -0.1) is 0 Å². The third-order valence-corrected chi connectivity index (χ3v) is 6.58. The molecule has 0 heterocycles. The van der Waals surface area contributed by atoms with Crippen LogP contribution in [0.3, 0.4) is 0 Å². The van der Waals surface area contributed by atoms with Gasteiger partial charge in [0, 0.05) is 12.3 Å². The largest absolute Gasteiger partial charge is 0.507 e. The summed E-state index contributed by atoms with van der Waals surface area (Å²) in [7, 11) is 0. The van der Waals surface area contributed by atoms with Gasteiger partial charge in [-0.05, 0) is 49.7 Å². The molecule has 0 radical (unpaired) electrons. The quantitative estimate of drug-likeness (QED) is 0.618. The van der Waals surface area contributed by atoms with Crippen LogP contribution in [0.5, 0.6) is 5.75 Å². The molecule has 4 atom stereocenters. The average Bonchev–Trinajstić information content (AvgIpc) is 2.78. The van der Waals surface area contributed by atoms with Crippen LogP contribution in [0.4, 0.5) is 0 Å². The smallest absolute Gasteiger partial charge is 0.342 e. The van der Waals surface area contributed by atoms with Gasteiger partial charge in [0.1, 0.15) is 17.4 Å². The van der Waals surface area contributed by atoms with Crippen molar-refractivity contribution in [3.8, 4) is 5.75 Å². The Morgan fingerprint density at radius 2 is 1.96 bits per heavy atom. The van der Waals surface area contributed by atoms with Crippen molar-refractivity contribution in [3.63, 3.8) is 0 Å². The zero-order chi connectivity index (χ0) is 19.1. The number of carbonyl (C=O) groups is 1. The summed E-state index contributed by atoms with van der Waals surface area (Å²) in [6.45, 7) is 8.34. The minimum Gasteiger partial charge on any atom is -0.507 e. The molecule has 1 aromatic carbocycles. The fourth-order valence-electron chi connectivity index (χ4n) is 4.93. The minimum absolute atomic E-state index is 0.0771. The first kappa shape index (κ1) is 19.0. The monoisotopic (exact) mass is 358 g/mol. The van der Waals surface area contributed by atoms with Crippen molar-refractivity contribution in [1.29, 1.82) is 0 Å². The van der Waals surface area contributed by atoms with Gasteiger partial charge >= 0.3 is 5.97 Å². The molecule has 4 nitrogen and oxygen atoms in total. The molecule has 0 saturated heterocycles. The van der Waals surface area contributed by atoms with E-state index in [0.29, 0.717) is 6.42 Å². The molecule has 4 unspecified atom stereocenters. The van der Waals surface area contributed by atoms with Gasteiger partial charge in [0.25, 0.3) is 0 Å². The summed E-state index contributed by atoms with van der Waals surface area (Å²) in [5.41, 5.74) is 0.408. The van der Waals surface area contributed by atoms with Gasteiger partial charge in [-0.1, -0.05) is 44.6 Å². The lowest BCUT2D eigenvalue weighted by molar-refractivity contribution is -0.112. The van der Waals surface area contributed by atoms with Crippen LogP contribution in [0.25, 0.3) is 0 Å². The van der Waals surface area contributed by atoms with Crippen molar-refractivity contribution < 1.29 is 19.7 Å². The SMILES string of the molecule is CC1=CCC2(C)CCC(O)(C(C)C)C2C(OC(=O)c2ccccc2O)C1. The van der Waals surface area contributed by atoms with E-state index >= 15 is 0 Å². The van der Waals surface area contributed by atoms with Crippen LogP contribution >= 0.6 is 0 Å². The van der Waals surface area contributed by atoms with E-state index in [1.165, 1.54) is 11.6 Å². The molecule has 0 aliphatic heterocycles. The first-order valence-electron chi connectivity index (χ1n) is 9.54. The molecule has 2 N–H and O–H groups in total. The second-order valence-electron chi connectivity index (χ2n) is 8.70. The predicted octanol–water partition coefficient (Wildman–Crippen LogP) is 4.46. The highest BCUT2D eigenvalue weighted by molar-refractivity contribution is 5.92. The van der Waals surface area contributed by atoms with Crippen molar-refractivity contribution in [1.82, 2.24) is 0 Å². The van der Waals surface area contributed by atoms with Crippen molar-refractivity contribution >= 4 is 5.97 Å². The zero-order valence-corrected chi connectivity index (χ0v) is 16.2. The van der Waals surface area contributed by atoms with Crippen LogP contribution in [0, 0.1) is 17.3 Å². The van der Waals surface area contributed by atoms with Gasteiger partial charge in [0.2, 0.25) is 0 Å². The fourth-order valence-corrected chi connectivity index (χ4v) is 4.93. The number of aliphatic hydroxyl groups is 1. The third-order valence-electron chi connectivity index (χ3n) is 6.58. The maximum atomic E-state index is 12.7. The Kier molecular flexibility index (Phi) is 4.91. The Morgan fingerprint density at radius 3 is 2.62 bits per heavy atom. The minimum atomic E-state index is -0.850. The first-order valence-corrected chi connectivity index (χ1v) is 9.54. The number of benzene rings is 1. The van der Waals surface area contributed by atoms with Crippen LogP contribution in [0.15, 0.2) is 35.9 Å². The number of para-hydroxylation sites is 1. The predicted molar refractivity (Wildman–Crippen MR) is 101 cm³/mol. The number of phenolic OH excluding ortho intramolecular Hbond substituents is 1. The highest BCUT2D eigenvalue weighted by Gasteiger charge is 2.59. The molecular formula is C22H30O4. The lowest BCUT2D eigenvalue weighted by Gasteiger charge is -2.43. The number of hydrogen-bond acceptors (Lipinski definition) is 4. The summed E-state index contributed by atoms with van der Waals surface area (Å²) in [6, 6.07) is 6.44. The summed E-state index contributed by atoms with van der Waals surface area (Å²) < 4.78 is 5.93. The number of hydrogen-bond donors (Lipinski definition) is 2. The Balaban J connectivity index is 1.96. The summed E-state index contributed by atoms with van der Waals surface area (Å²) >= 11 is 0.